The number of hydrogen-bond donors (Lipinski definition) is 0. The molecule has 0 aliphatic carbocycles. The van der Waals surface area contributed by atoms with Gasteiger partial charge in [0.05, 0.1) is 39.8 Å². The van der Waals surface area contributed by atoms with Crippen molar-refractivity contribution < 1.29 is 27.5 Å². The molecule has 2 amide bonds. The monoisotopic (exact) mass is 357 g/mol. The number of halogens is 4. The number of ether oxygens (including phenoxy) is 1. The van der Waals surface area contributed by atoms with E-state index < -0.39 is 52.1 Å². The van der Waals surface area contributed by atoms with E-state index in [1.807, 2.05) is 0 Å². The van der Waals surface area contributed by atoms with Crippen molar-refractivity contribution in [1.82, 2.24) is 0 Å². The van der Waals surface area contributed by atoms with E-state index in [4.69, 9.17) is 16.3 Å². The van der Waals surface area contributed by atoms with Crippen molar-refractivity contribution in [3.8, 4) is 0 Å². The Morgan fingerprint density at radius 2 is 1.96 bits per heavy atom. The molecule has 4 atom stereocenters. The van der Waals surface area contributed by atoms with Crippen LogP contribution in [0.2, 0.25) is 5.02 Å². The molecule has 0 saturated carbocycles. The quantitative estimate of drug-likeness (QED) is 0.573. The fourth-order valence-electron chi connectivity index (χ4n) is 3.78. The van der Waals surface area contributed by atoms with E-state index in [0.29, 0.717) is 0 Å². The fraction of sp³-hybridized carbons (Fsp3) is 0.375. The van der Waals surface area contributed by atoms with E-state index in [1.54, 1.807) is 19.1 Å². The first-order chi connectivity index (χ1) is 11.1. The molecule has 2 fully saturated rings. The molecule has 0 N–H and O–H groups in total. The Bertz CT molecular complexity index is 806. The third kappa shape index (κ3) is 1.91. The van der Waals surface area contributed by atoms with Crippen LogP contribution in [0.5, 0.6) is 0 Å². The molecular formula is C16H11ClF3NO3. The largest absolute Gasteiger partial charge is 0.417 e. The summed E-state index contributed by atoms with van der Waals surface area (Å²) in [6.07, 6.45) is -1.74. The van der Waals surface area contributed by atoms with Crippen molar-refractivity contribution in [3.63, 3.8) is 0 Å². The number of anilines is 1. The SMILES string of the molecule is C[C@]12C=C[C@H](O1)[C@@H]1C(=O)N(c3ccc(Cl)c(C(F)(F)F)c3)C(=O)[C@@H]12. The van der Waals surface area contributed by atoms with E-state index >= 15 is 0 Å². The van der Waals surface area contributed by atoms with Crippen LogP contribution >= 0.6 is 11.6 Å². The van der Waals surface area contributed by atoms with Gasteiger partial charge in [0.15, 0.2) is 0 Å². The summed E-state index contributed by atoms with van der Waals surface area (Å²) in [7, 11) is 0. The highest BCUT2D eigenvalue weighted by molar-refractivity contribution is 6.31. The molecule has 1 aromatic rings. The first-order valence-electron chi connectivity index (χ1n) is 7.25. The molecule has 8 heteroatoms. The van der Waals surface area contributed by atoms with Gasteiger partial charge >= 0.3 is 6.18 Å². The van der Waals surface area contributed by atoms with Gasteiger partial charge in [-0.2, -0.15) is 13.2 Å². The summed E-state index contributed by atoms with van der Waals surface area (Å²) >= 11 is 5.60. The summed E-state index contributed by atoms with van der Waals surface area (Å²) in [5.74, 6) is -2.50. The number of benzene rings is 1. The van der Waals surface area contributed by atoms with Crippen molar-refractivity contribution in [3.05, 3.63) is 40.9 Å². The molecule has 126 valence electrons. The third-order valence-corrected chi connectivity index (χ3v) is 5.17. The normalized spacial score (nSPS) is 34.4. The number of imide groups is 1. The minimum atomic E-state index is -4.68. The van der Waals surface area contributed by atoms with Crippen molar-refractivity contribution in [1.29, 1.82) is 0 Å². The minimum absolute atomic E-state index is 0.126. The lowest BCUT2D eigenvalue weighted by Gasteiger charge is -2.24. The number of carbonyl (C=O) groups excluding carboxylic acids is 2. The second kappa shape index (κ2) is 4.61. The van der Waals surface area contributed by atoms with Gasteiger partial charge in [-0.05, 0) is 25.1 Å². The summed E-state index contributed by atoms with van der Waals surface area (Å²) < 4.78 is 44.8. The number of nitrogens with zero attached hydrogens (tertiary/aromatic N) is 1. The van der Waals surface area contributed by atoms with Crippen molar-refractivity contribution in [2.45, 2.75) is 24.8 Å². The van der Waals surface area contributed by atoms with Crippen LogP contribution in [-0.4, -0.2) is 23.5 Å². The minimum Gasteiger partial charge on any atom is -0.362 e. The van der Waals surface area contributed by atoms with Crippen LogP contribution in [0.25, 0.3) is 0 Å². The Labute approximate surface area is 139 Å². The Morgan fingerprint density at radius 3 is 2.58 bits per heavy atom. The number of hydrogen-bond acceptors (Lipinski definition) is 3. The molecular weight excluding hydrogens is 347 g/mol. The van der Waals surface area contributed by atoms with Gasteiger partial charge in [-0.3, -0.25) is 9.59 Å². The van der Waals surface area contributed by atoms with Crippen LogP contribution in [0.15, 0.2) is 30.4 Å². The van der Waals surface area contributed by atoms with Crippen LogP contribution in [0, 0.1) is 11.8 Å². The third-order valence-electron chi connectivity index (χ3n) is 4.84. The molecule has 24 heavy (non-hydrogen) atoms. The Balaban J connectivity index is 1.77. The second-order valence-electron chi connectivity index (χ2n) is 6.30. The van der Waals surface area contributed by atoms with E-state index in [9.17, 15) is 22.8 Å². The summed E-state index contributed by atoms with van der Waals surface area (Å²) in [6, 6.07) is 3.02. The van der Waals surface area contributed by atoms with Gasteiger partial charge in [0.25, 0.3) is 0 Å². The zero-order valence-electron chi connectivity index (χ0n) is 12.3. The molecule has 0 spiro atoms. The molecule has 0 aromatic heterocycles. The molecule has 3 aliphatic rings. The molecule has 4 nitrogen and oxygen atoms in total. The highest BCUT2D eigenvalue weighted by atomic mass is 35.5. The highest BCUT2D eigenvalue weighted by Gasteiger charge is 2.66. The molecule has 1 aromatic carbocycles. The summed E-state index contributed by atoms with van der Waals surface area (Å²) in [4.78, 5) is 26.2. The van der Waals surface area contributed by atoms with Crippen molar-refractivity contribution in [2.75, 3.05) is 4.90 Å². The maximum absolute atomic E-state index is 13.0. The Morgan fingerprint density at radius 1 is 1.25 bits per heavy atom. The lowest BCUT2D eigenvalue weighted by Crippen LogP contribution is -2.38. The van der Waals surface area contributed by atoms with Gasteiger partial charge in [0, 0.05) is 0 Å². The number of alkyl halides is 3. The van der Waals surface area contributed by atoms with Crippen LogP contribution in [-0.2, 0) is 20.5 Å². The maximum atomic E-state index is 13.0. The Hall–Kier alpha value is -1.86. The van der Waals surface area contributed by atoms with Gasteiger partial charge in [-0.15, -0.1) is 0 Å². The second-order valence-corrected chi connectivity index (χ2v) is 6.71. The van der Waals surface area contributed by atoms with Crippen molar-refractivity contribution in [2.24, 2.45) is 11.8 Å². The van der Waals surface area contributed by atoms with Crippen LogP contribution < -0.4 is 4.90 Å². The first kappa shape index (κ1) is 15.7. The van der Waals surface area contributed by atoms with E-state index in [2.05, 4.69) is 0 Å². The number of fused-ring (bicyclic) bond motifs is 5. The number of rotatable bonds is 1. The molecule has 2 bridgehead atoms. The molecule has 0 unspecified atom stereocenters. The molecule has 3 heterocycles. The van der Waals surface area contributed by atoms with Gasteiger partial charge < -0.3 is 4.74 Å². The summed E-state index contributed by atoms with van der Waals surface area (Å²) in [6.45, 7) is 1.70. The zero-order chi connectivity index (χ0) is 17.4. The van der Waals surface area contributed by atoms with Gasteiger partial charge in [0.2, 0.25) is 11.8 Å². The van der Waals surface area contributed by atoms with Crippen molar-refractivity contribution >= 4 is 29.1 Å². The average Bonchev–Trinajstić information content (AvgIpc) is 3.08. The van der Waals surface area contributed by atoms with Crippen LogP contribution in [0.1, 0.15) is 12.5 Å². The molecule has 4 rings (SSSR count). The zero-order valence-corrected chi connectivity index (χ0v) is 13.1. The summed E-state index contributed by atoms with van der Waals surface area (Å²) in [5, 5.41) is -0.484. The van der Waals surface area contributed by atoms with Gasteiger partial charge in [-0.25, -0.2) is 4.90 Å². The highest BCUT2D eigenvalue weighted by Crippen LogP contribution is 2.52. The first-order valence-corrected chi connectivity index (χ1v) is 7.63. The number of amides is 2. The van der Waals surface area contributed by atoms with Gasteiger partial charge in [0.1, 0.15) is 0 Å². The van der Waals surface area contributed by atoms with Gasteiger partial charge in [-0.1, -0.05) is 23.8 Å². The fourth-order valence-corrected chi connectivity index (χ4v) is 4.00. The average molecular weight is 358 g/mol. The number of carbonyl (C=O) groups is 2. The molecule has 2 saturated heterocycles. The van der Waals surface area contributed by atoms with Crippen LogP contribution in [0.4, 0.5) is 18.9 Å². The topological polar surface area (TPSA) is 46.6 Å². The van der Waals surface area contributed by atoms with E-state index in [0.717, 1.165) is 17.0 Å². The molecule has 3 aliphatic heterocycles. The predicted molar refractivity (Wildman–Crippen MR) is 78.3 cm³/mol. The molecule has 0 radical (unpaired) electrons. The summed E-state index contributed by atoms with van der Waals surface area (Å²) in [5.41, 5.74) is -2.10. The van der Waals surface area contributed by atoms with Crippen LogP contribution in [0.3, 0.4) is 0 Å². The smallest absolute Gasteiger partial charge is 0.362 e. The Kier molecular flexibility index (Phi) is 3.01. The van der Waals surface area contributed by atoms with E-state index in [-0.39, 0.29) is 5.69 Å². The lowest BCUT2D eigenvalue weighted by atomic mass is 9.78. The maximum Gasteiger partial charge on any atom is 0.417 e. The van der Waals surface area contributed by atoms with E-state index in [1.165, 1.54) is 6.07 Å². The predicted octanol–water partition coefficient (Wildman–Crippen LogP) is 3.19. The lowest BCUT2D eigenvalue weighted by molar-refractivity contribution is -0.137. The standard InChI is InChI=1S/C16H11ClF3NO3/c1-15-5-4-10(24-15)11-12(15)14(23)21(13(11)22)7-2-3-9(17)8(6-7)16(18,19)20/h2-6,10-12H,1H3/t10-,11-,12+,15+/m0/s1.